The molecular weight excluding hydrogens is 328 g/mol. The van der Waals surface area contributed by atoms with Crippen LogP contribution in [0.3, 0.4) is 0 Å². The number of aromatic nitrogens is 5. The number of benzene rings is 1. The maximum Gasteiger partial charge on any atom is 0.248 e. The predicted octanol–water partition coefficient (Wildman–Crippen LogP) is 1.42. The summed E-state index contributed by atoms with van der Waals surface area (Å²) in [5.41, 5.74) is 2.01. The van der Waals surface area contributed by atoms with Crippen molar-refractivity contribution in [1.82, 2.24) is 30.1 Å². The zero-order valence-electron chi connectivity index (χ0n) is 14.8. The normalized spacial score (nSPS) is 15.2. The van der Waals surface area contributed by atoms with Gasteiger partial charge in [-0.1, -0.05) is 29.4 Å². The highest BCUT2D eigenvalue weighted by molar-refractivity contribution is 5.42. The van der Waals surface area contributed by atoms with Crippen molar-refractivity contribution in [2.24, 2.45) is 0 Å². The van der Waals surface area contributed by atoms with Crippen LogP contribution < -0.4 is 10.2 Å². The van der Waals surface area contributed by atoms with Crippen LogP contribution in [0.2, 0.25) is 0 Å². The first-order valence-electron chi connectivity index (χ1n) is 8.76. The number of tetrazole rings is 1. The lowest BCUT2D eigenvalue weighted by molar-refractivity contribution is 0.312. The molecule has 1 aliphatic heterocycles. The largest absolute Gasteiger partial charge is 0.354 e. The SMILES string of the molecule is CN1CCN(c2ccc(CNc3nnnn3-c3ccccc3)cn2)CC1. The van der Waals surface area contributed by atoms with Gasteiger partial charge in [-0.2, -0.15) is 4.68 Å². The summed E-state index contributed by atoms with van der Waals surface area (Å²) in [5.74, 6) is 1.65. The van der Waals surface area contributed by atoms with Gasteiger partial charge >= 0.3 is 0 Å². The molecule has 1 N–H and O–H groups in total. The second-order valence-corrected chi connectivity index (χ2v) is 6.42. The second kappa shape index (κ2) is 7.49. The Balaban J connectivity index is 1.39. The van der Waals surface area contributed by atoms with Gasteiger partial charge in [-0.15, -0.1) is 0 Å². The van der Waals surface area contributed by atoms with E-state index < -0.39 is 0 Å². The van der Waals surface area contributed by atoms with Crippen LogP contribution in [-0.4, -0.2) is 63.3 Å². The fourth-order valence-electron chi connectivity index (χ4n) is 2.97. The van der Waals surface area contributed by atoms with Crippen molar-refractivity contribution in [2.75, 3.05) is 43.4 Å². The number of hydrogen-bond acceptors (Lipinski definition) is 7. The van der Waals surface area contributed by atoms with Crippen LogP contribution in [0, 0.1) is 0 Å². The molecule has 0 radical (unpaired) electrons. The first-order valence-corrected chi connectivity index (χ1v) is 8.76. The summed E-state index contributed by atoms with van der Waals surface area (Å²) in [6.45, 7) is 4.81. The number of likely N-dealkylation sites (N-methyl/N-ethyl adjacent to an activating group) is 1. The maximum absolute atomic E-state index is 4.62. The summed E-state index contributed by atoms with van der Waals surface area (Å²) in [6, 6.07) is 14.0. The van der Waals surface area contributed by atoms with Gasteiger partial charge in [0.15, 0.2) is 0 Å². The molecule has 0 saturated carbocycles. The van der Waals surface area contributed by atoms with Crippen LogP contribution in [0.25, 0.3) is 5.69 Å². The highest BCUT2D eigenvalue weighted by atomic mass is 15.6. The maximum atomic E-state index is 4.62. The summed E-state index contributed by atoms with van der Waals surface area (Å²) in [4.78, 5) is 9.28. The number of piperazine rings is 1. The third-order valence-electron chi connectivity index (χ3n) is 4.56. The zero-order valence-corrected chi connectivity index (χ0v) is 14.8. The molecule has 3 heterocycles. The van der Waals surface area contributed by atoms with E-state index in [1.165, 1.54) is 0 Å². The molecule has 1 aromatic carbocycles. The highest BCUT2D eigenvalue weighted by Crippen LogP contribution is 2.15. The Morgan fingerprint density at radius 1 is 1.00 bits per heavy atom. The van der Waals surface area contributed by atoms with E-state index in [0.717, 1.165) is 43.2 Å². The third kappa shape index (κ3) is 3.65. The minimum absolute atomic E-state index is 0.611. The van der Waals surface area contributed by atoms with Gasteiger partial charge in [-0.05, 0) is 41.2 Å². The van der Waals surface area contributed by atoms with E-state index in [-0.39, 0.29) is 0 Å². The van der Waals surface area contributed by atoms with Gasteiger partial charge < -0.3 is 15.1 Å². The average Bonchev–Trinajstić information content (AvgIpc) is 3.17. The van der Waals surface area contributed by atoms with E-state index in [1.54, 1.807) is 4.68 Å². The molecule has 1 fully saturated rings. The topological polar surface area (TPSA) is 75.0 Å². The van der Waals surface area contributed by atoms with E-state index in [4.69, 9.17) is 0 Å². The molecule has 134 valence electrons. The first kappa shape index (κ1) is 16.5. The number of anilines is 2. The number of hydrogen-bond donors (Lipinski definition) is 1. The molecule has 4 rings (SSSR count). The monoisotopic (exact) mass is 350 g/mol. The average molecular weight is 350 g/mol. The van der Waals surface area contributed by atoms with Gasteiger partial charge in [0.2, 0.25) is 5.95 Å². The van der Waals surface area contributed by atoms with Crippen molar-refractivity contribution in [2.45, 2.75) is 6.54 Å². The molecule has 8 nitrogen and oxygen atoms in total. The van der Waals surface area contributed by atoms with E-state index in [0.29, 0.717) is 12.5 Å². The fraction of sp³-hybridized carbons (Fsp3) is 0.333. The number of nitrogens with zero attached hydrogens (tertiary/aromatic N) is 7. The van der Waals surface area contributed by atoms with E-state index in [9.17, 15) is 0 Å². The molecule has 0 unspecified atom stereocenters. The van der Waals surface area contributed by atoms with Crippen LogP contribution in [0.1, 0.15) is 5.56 Å². The van der Waals surface area contributed by atoms with Gasteiger partial charge in [0.05, 0.1) is 5.69 Å². The lowest BCUT2D eigenvalue weighted by Crippen LogP contribution is -2.44. The molecule has 0 amide bonds. The van der Waals surface area contributed by atoms with Crippen LogP contribution in [0.15, 0.2) is 48.7 Å². The Bertz CT molecular complexity index is 822. The molecule has 1 saturated heterocycles. The van der Waals surface area contributed by atoms with Crippen molar-refractivity contribution >= 4 is 11.8 Å². The van der Waals surface area contributed by atoms with Crippen LogP contribution >= 0.6 is 0 Å². The highest BCUT2D eigenvalue weighted by Gasteiger charge is 2.15. The van der Waals surface area contributed by atoms with Gasteiger partial charge in [-0.3, -0.25) is 0 Å². The lowest BCUT2D eigenvalue weighted by atomic mass is 10.2. The molecule has 8 heteroatoms. The Morgan fingerprint density at radius 2 is 1.81 bits per heavy atom. The lowest BCUT2D eigenvalue weighted by Gasteiger charge is -2.33. The number of rotatable bonds is 5. The zero-order chi connectivity index (χ0) is 17.8. The van der Waals surface area contributed by atoms with Crippen LogP contribution in [0.5, 0.6) is 0 Å². The van der Waals surface area contributed by atoms with Gasteiger partial charge in [0.1, 0.15) is 5.82 Å². The van der Waals surface area contributed by atoms with Crippen LogP contribution in [0.4, 0.5) is 11.8 Å². The molecular formula is C18H22N8. The Morgan fingerprint density at radius 3 is 2.54 bits per heavy atom. The van der Waals surface area contributed by atoms with Crippen molar-refractivity contribution in [3.05, 3.63) is 54.2 Å². The second-order valence-electron chi connectivity index (χ2n) is 6.42. The molecule has 1 aliphatic rings. The van der Waals surface area contributed by atoms with E-state index in [2.05, 4.69) is 54.8 Å². The smallest absolute Gasteiger partial charge is 0.248 e. The molecule has 0 spiro atoms. The minimum Gasteiger partial charge on any atom is -0.354 e. The van der Waals surface area contributed by atoms with Gasteiger partial charge in [0, 0.05) is 38.9 Å². The van der Waals surface area contributed by atoms with Gasteiger partial charge in [-0.25, -0.2) is 4.98 Å². The summed E-state index contributed by atoms with van der Waals surface area (Å²) in [6.07, 6.45) is 1.91. The first-order chi connectivity index (χ1) is 12.8. The predicted molar refractivity (Wildman–Crippen MR) is 100 cm³/mol. The number of nitrogens with one attached hydrogen (secondary N) is 1. The molecule has 0 atom stereocenters. The Labute approximate surface area is 152 Å². The van der Waals surface area contributed by atoms with Crippen molar-refractivity contribution in [1.29, 1.82) is 0 Å². The fourth-order valence-corrected chi connectivity index (χ4v) is 2.97. The van der Waals surface area contributed by atoms with Crippen molar-refractivity contribution in [3.63, 3.8) is 0 Å². The van der Waals surface area contributed by atoms with Crippen LogP contribution in [-0.2, 0) is 6.54 Å². The standard InChI is InChI=1S/C18H22N8/c1-24-9-11-25(12-10-24)17-8-7-15(13-19-17)14-20-18-21-22-23-26(18)16-5-3-2-4-6-16/h2-8,13H,9-12,14H2,1H3,(H,20,21,23). The quantitative estimate of drug-likeness (QED) is 0.746. The summed E-state index contributed by atoms with van der Waals surface area (Å²) in [7, 11) is 2.16. The third-order valence-corrected chi connectivity index (χ3v) is 4.56. The molecule has 0 bridgehead atoms. The van der Waals surface area contributed by atoms with E-state index >= 15 is 0 Å². The van der Waals surface area contributed by atoms with Crippen molar-refractivity contribution < 1.29 is 0 Å². The molecule has 2 aromatic heterocycles. The molecule has 3 aromatic rings. The minimum atomic E-state index is 0.611. The molecule has 0 aliphatic carbocycles. The molecule has 26 heavy (non-hydrogen) atoms. The summed E-state index contributed by atoms with van der Waals surface area (Å²) < 4.78 is 1.69. The number of para-hydroxylation sites is 1. The Hall–Kier alpha value is -3.00. The summed E-state index contributed by atoms with van der Waals surface area (Å²) in [5, 5.41) is 15.2. The Kier molecular flexibility index (Phi) is 4.74. The summed E-state index contributed by atoms with van der Waals surface area (Å²) >= 11 is 0. The number of pyridine rings is 1. The van der Waals surface area contributed by atoms with Gasteiger partial charge in [0.25, 0.3) is 0 Å². The van der Waals surface area contributed by atoms with E-state index in [1.807, 2.05) is 36.5 Å². The van der Waals surface area contributed by atoms with Crippen molar-refractivity contribution in [3.8, 4) is 5.69 Å².